The van der Waals surface area contributed by atoms with E-state index in [4.69, 9.17) is 5.11 Å². The normalized spacial score (nSPS) is 11.1. The van der Waals surface area contributed by atoms with Gasteiger partial charge in [-0.15, -0.1) is 0 Å². The Morgan fingerprint density at radius 2 is 2.05 bits per heavy atom. The number of carbonyl (C=O) groups excluding carboxylic acids is 1. The predicted octanol–water partition coefficient (Wildman–Crippen LogP) is 1.94. The highest BCUT2D eigenvalue weighted by Gasteiger charge is 2.14. The smallest absolute Gasteiger partial charge is 0.238 e. The van der Waals surface area contributed by atoms with Gasteiger partial charge in [-0.05, 0) is 44.9 Å². The molecule has 1 amide bonds. The van der Waals surface area contributed by atoms with Gasteiger partial charge in [-0.25, -0.2) is 0 Å². The summed E-state index contributed by atoms with van der Waals surface area (Å²) in [5, 5.41) is 11.9. The maximum absolute atomic E-state index is 12.0. The molecule has 0 saturated carbocycles. The summed E-state index contributed by atoms with van der Waals surface area (Å²) in [7, 11) is 0. The van der Waals surface area contributed by atoms with E-state index < -0.39 is 0 Å². The lowest BCUT2D eigenvalue weighted by molar-refractivity contribution is -0.117. The summed E-state index contributed by atoms with van der Waals surface area (Å²) in [6.45, 7) is 8.88. The number of amides is 1. The Morgan fingerprint density at radius 3 is 2.63 bits per heavy atom. The van der Waals surface area contributed by atoms with Gasteiger partial charge in [0.1, 0.15) is 0 Å². The van der Waals surface area contributed by atoms with Gasteiger partial charge in [0.15, 0.2) is 0 Å². The number of aliphatic hydroxyl groups excluding tert-OH is 1. The molecule has 0 fully saturated rings. The Labute approximate surface area is 115 Å². The first kappa shape index (κ1) is 15.7. The SMILES string of the molecule is Cc1ccc(C)c(NC(=O)CN(CCO)C(C)C)c1. The van der Waals surface area contributed by atoms with Gasteiger partial charge in [-0.1, -0.05) is 12.1 Å². The second kappa shape index (κ2) is 7.26. The summed E-state index contributed by atoms with van der Waals surface area (Å²) in [6, 6.07) is 6.23. The first-order chi connectivity index (χ1) is 8.93. The minimum absolute atomic E-state index is 0.0455. The molecule has 0 aromatic heterocycles. The van der Waals surface area contributed by atoms with Crippen LogP contribution in [0.15, 0.2) is 18.2 Å². The van der Waals surface area contributed by atoms with E-state index in [0.717, 1.165) is 16.8 Å². The highest BCUT2D eigenvalue weighted by atomic mass is 16.3. The van der Waals surface area contributed by atoms with E-state index in [1.165, 1.54) is 0 Å². The van der Waals surface area contributed by atoms with E-state index in [1.54, 1.807) is 0 Å². The molecule has 1 aromatic carbocycles. The molecule has 0 saturated heterocycles. The third-order valence-electron chi connectivity index (χ3n) is 3.13. The first-order valence-electron chi connectivity index (χ1n) is 6.66. The Morgan fingerprint density at radius 1 is 1.37 bits per heavy atom. The van der Waals surface area contributed by atoms with Crippen molar-refractivity contribution >= 4 is 11.6 Å². The van der Waals surface area contributed by atoms with Crippen molar-refractivity contribution in [1.29, 1.82) is 0 Å². The van der Waals surface area contributed by atoms with Gasteiger partial charge in [0.05, 0.1) is 13.2 Å². The zero-order valence-electron chi connectivity index (χ0n) is 12.2. The number of carbonyl (C=O) groups is 1. The van der Waals surface area contributed by atoms with Crippen molar-refractivity contribution in [3.05, 3.63) is 29.3 Å². The number of nitrogens with zero attached hydrogens (tertiary/aromatic N) is 1. The van der Waals surface area contributed by atoms with E-state index in [1.807, 2.05) is 50.8 Å². The number of aryl methyl sites for hydroxylation is 2. The summed E-state index contributed by atoms with van der Waals surface area (Å²) in [6.07, 6.45) is 0. The number of nitrogens with one attached hydrogen (secondary N) is 1. The molecule has 1 aromatic rings. The highest BCUT2D eigenvalue weighted by molar-refractivity contribution is 5.93. The zero-order chi connectivity index (χ0) is 14.4. The number of benzene rings is 1. The van der Waals surface area contributed by atoms with Crippen LogP contribution in [0, 0.1) is 13.8 Å². The maximum Gasteiger partial charge on any atom is 0.238 e. The number of hydrogen-bond acceptors (Lipinski definition) is 3. The Hall–Kier alpha value is -1.39. The average molecular weight is 264 g/mol. The molecular weight excluding hydrogens is 240 g/mol. The molecular formula is C15H24N2O2. The molecule has 0 bridgehead atoms. The van der Waals surface area contributed by atoms with Crippen molar-refractivity contribution in [2.75, 3.05) is 25.0 Å². The second-order valence-corrected chi connectivity index (χ2v) is 5.15. The standard InChI is InChI=1S/C15H24N2O2/c1-11(2)17(7-8-18)10-15(19)16-14-9-12(3)5-6-13(14)4/h5-6,9,11,18H,7-8,10H2,1-4H3,(H,16,19). The molecule has 0 aliphatic rings. The quantitative estimate of drug-likeness (QED) is 0.825. The number of aliphatic hydroxyl groups is 1. The fourth-order valence-corrected chi connectivity index (χ4v) is 1.89. The summed E-state index contributed by atoms with van der Waals surface area (Å²) < 4.78 is 0. The van der Waals surface area contributed by atoms with Gasteiger partial charge in [0.2, 0.25) is 5.91 Å². The third-order valence-corrected chi connectivity index (χ3v) is 3.13. The van der Waals surface area contributed by atoms with E-state index in [-0.39, 0.29) is 18.6 Å². The Balaban J connectivity index is 2.66. The monoisotopic (exact) mass is 264 g/mol. The predicted molar refractivity (Wildman–Crippen MR) is 78.3 cm³/mol. The van der Waals surface area contributed by atoms with Crippen molar-refractivity contribution in [2.24, 2.45) is 0 Å². The van der Waals surface area contributed by atoms with Crippen LogP contribution >= 0.6 is 0 Å². The van der Waals surface area contributed by atoms with Crippen molar-refractivity contribution in [3.8, 4) is 0 Å². The highest BCUT2D eigenvalue weighted by Crippen LogP contribution is 2.16. The maximum atomic E-state index is 12.0. The molecule has 0 radical (unpaired) electrons. The van der Waals surface area contributed by atoms with Gasteiger partial charge in [0.25, 0.3) is 0 Å². The molecule has 4 heteroatoms. The van der Waals surface area contributed by atoms with Gasteiger partial charge in [-0.3, -0.25) is 9.69 Å². The van der Waals surface area contributed by atoms with Crippen LogP contribution in [0.2, 0.25) is 0 Å². The topological polar surface area (TPSA) is 52.6 Å². The van der Waals surface area contributed by atoms with Crippen LogP contribution in [-0.4, -0.2) is 41.7 Å². The lowest BCUT2D eigenvalue weighted by Crippen LogP contribution is -2.39. The number of rotatable bonds is 6. The van der Waals surface area contributed by atoms with Crippen molar-refractivity contribution in [3.63, 3.8) is 0 Å². The van der Waals surface area contributed by atoms with Crippen LogP contribution in [-0.2, 0) is 4.79 Å². The van der Waals surface area contributed by atoms with Gasteiger partial charge in [-0.2, -0.15) is 0 Å². The number of anilines is 1. The Kier molecular flexibility index (Phi) is 5.99. The molecule has 0 unspecified atom stereocenters. The average Bonchev–Trinajstić information content (AvgIpc) is 2.33. The van der Waals surface area contributed by atoms with Gasteiger partial charge >= 0.3 is 0 Å². The summed E-state index contributed by atoms with van der Waals surface area (Å²) in [4.78, 5) is 14.0. The molecule has 1 rings (SSSR count). The summed E-state index contributed by atoms with van der Waals surface area (Å²) in [5.74, 6) is -0.0455. The largest absolute Gasteiger partial charge is 0.395 e. The fraction of sp³-hybridized carbons (Fsp3) is 0.533. The molecule has 0 aliphatic heterocycles. The lowest BCUT2D eigenvalue weighted by atomic mass is 10.1. The third kappa shape index (κ3) is 5.01. The van der Waals surface area contributed by atoms with Gasteiger partial charge in [0, 0.05) is 18.3 Å². The van der Waals surface area contributed by atoms with E-state index in [2.05, 4.69) is 5.32 Å². The first-order valence-corrected chi connectivity index (χ1v) is 6.66. The second-order valence-electron chi connectivity index (χ2n) is 5.15. The van der Waals surface area contributed by atoms with Crippen LogP contribution in [0.5, 0.6) is 0 Å². The minimum atomic E-state index is -0.0455. The molecule has 0 atom stereocenters. The van der Waals surface area contributed by atoms with Crippen LogP contribution in [0.1, 0.15) is 25.0 Å². The van der Waals surface area contributed by atoms with E-state index in [0.29, 0.717) is 13.1 Å². The molecule has 4 nitrogen and oxygen atoms in total. The zero-order valence-corrected chi connectivity index (χ0v) is 12.2. The van der Waals surface area contributed by atoms with Crippen LogP contribution in [0.4, 0.5) is 5.69 Å². The number of hydrogen-bond donors (Lipinski definition) is 2. The molecule has 0 aliphatic carbocycles. The van der Waals surface area contributed by atoms with E-state index in [9.17, 15) is 4.79 Å². The Bertz CT molecular complexity index is 430. The molecule has 0 spiro atoms. The lowest BCUT2D eigenvalue weighted by Gasteiger charge is -2.24. The minimum Gasteiger partial charge on any atom is -0.395 e. The van der Waals surface area contributed by atoms with Gasteiger partial charge < -0.3 is 10.4 Å². The fourth-order valence-electron chi connectivity index (χ4n) is 1.89. The van der Waals surface area contributed by atoms with Crippen LogP contribution in [0.3, 0.4) is 0 Å². The molecule has 106 valence electrons. The molecule has 0 heterocycles. The van der Waals surface area contributed by atoms with Crippen LogP contribution < -0.4 is 5.32 Å². The van der Waals surface area contributed by atoms with Crippen LogP contribution in [0.25, 0.3) is 0 Å². The van der Waals surface area contributed by atoms with Crippen molar-refractivity contribution < 1.29 is 9.90 Å². The van der Waals surface area contributed by atoms with Crippen molar-refractivity contribution in [2.45, 2.75) is 33.7 Å². The summed E-state index contributed by atoms with van der Waals surface area (Å²) >= 11 is 0. The molecule has 2 N–H and O–H groups in total. The molecule has 19 heavy (non-hydrogen) atoms. The summed E-state index contributed by atoms with van der Waals surface area (Å²) in [5.41, 5.74) is 3.03. The van der Waals surface area contributed by atoms with Crippen molar-refractivity contribution in [1.82, 2.24) is 4.90 Å². The van der Waals surface area contributed by atoms with E-state index >= 15 is 0 Å².